The number of benzene rings is 1. The van der Waals surface area contributed by atoms with E-state index in [1.54, 1.807) is 6.07 Å². The number of hydrogen-bond donors (Lipinski definition) is 2. The summed E-state index contributed by atoms with van der Waals surface area (Å²) in [6.45, 7) is 5.77. The van der Waals surface area contributed by atoms with Crippen molar-refractivity contribution in [2.24, 2.45) is 5.92 Å². The van der Waals surface area contributed by atoms with Crippen molar-refractivity contribution >= 4 is 16.9 Å². The number of furan rings is 1. The molecule has 1 atom stereocenters. The lowest BCUT2D eigenvalue weighted by Crippen LogP contribution is -2.29. The maximum absolute atomic E-state index is 13.2. The Morgan fingerprint density at radius 2 is 2.14 bits per heavy atom. The van der Waals surface area contributed by atoms with Crippen LogP contribution in [0.3, 0.4) is 0 Å². The number of carbonyl (C=O) groups excluding carboxylic acids is 1. The molecule has 2 N–H and O–H groups in total. The molecule has 0 aliphatic heterocycles. The molecule has 1 aromatic carbocycles. The Bertz CT molecular complexity index is 648. The normalized spacial score (nSPS) is 12.9. The molecule has 5 heteroatoms. The van der Waals surface area contributed by atoms with E-state index in [1.807, 2.05) is 20.8 Å². The van der Waals surface area contributed by atoms with E-state index in [4.69, 9.17) is 4.42 Å². The highest BCUT2D eigenvalue weighted by Gasteiger charge is 2.16. The zero-order valence-corrected chi connectivity index (χ0v) is 12.4. The van der Waals surface area contributed by atoms with E-state index in [9.17, 15) is 14.3 Å². The molecule has 1 unspecified atom stereocenters. The molecule has 1 aromatic heterocycles. The predicted octanol–water partition coefficient (Wildman–Crippen LogP) is 2.90. The molecule has 1 amide bonds. The predicted molar refractivity (Wildman–Crippen MR) is 78.2 cm³/mol. The molecule has 0 saturated heterocycles. The fourth-order valence-corrected chi connectivity index (χ4v) is 2.09. The number of hydrogen-bond acceptors (Lipinski definition) is 3. The van der Waals surface area contributed by atoms with Gasteiger partial charge in [-0.1, -0.05) is 13.8 Å². The fourth-order valence-electron chi connectivity index (χ4n) is 2.09. The van der Waals surface area contributed by atoms with Crippen molar-refractivity contribution in [3.63, 3.8) is 0 Å². The van der Waals surface area contributed by atoms with Gasteiger partial charge in [0.05, 0.1) is 19.1 Å². The van der Waals surface area contributed by atoms with Crippen LogP contribution in [0.4, 0.5) is 4.39 Å². The minimum Gasteiger partial charge on any atom is -0.459 e. The summed E-state index contributed by atoms with van der Waals surface area (Å²) in [5.74, 6) is 0.0823. The Hall–Kier alpha value is -1.88. The average Bonchev–Trinajstić information content (AvgIpc) is 2.73. The summed E-state index contributed by atoms with van der Waals surface area (Å²) in [4.78, 5) is 11.7. The molecule has 0 fully saturated rings. The van der Waals surface area contributed by atoms with Crippen LogP contribution in [-0.4, -0.2) is 17.1 Å². The van der Waals surface area contributed by atoms with Crippen molar-refractivity contribution in [1.29, 1.82) is 0 Å². The van der Waals surface area contributed by atoms with Gasteiger partial charge in [-0.2, -0.15) is 0 Å². The van der Waals surface area contributed by atoms with Crippen LogP contribution >= 0.6 is 0 Å². The number of fused-ring (bicyclic) bond motifs is 1. The van der Waals surface area contributed by atoms with Crippen LogP contribution in [0.15, 0.2) is 22.6 Å². The highest BCUT2D eigenvalue weighted by Crippen LogP contribution is 2.25. The lowest BCUT2D eigenvalue weighted by molar-refractivity contribution is -0.123. The Labute approximate surface area is 122 Å². The molecule has 0 bridgehead atoms. The molecule has 4 nitrogen and oxygen atoms in total. The van der Waals surface area contributed by atoms with E-state index >= 15 is 0 Å². The van der Waals surface area contributed by atoms with Gasteiger partial charge < -0.3 is 14.8 Å². The van der Waals surface area contributed by atoms with Gasteiger partial charge in [0.25, 0.3) is 0 Å². The van der Waals surface area contributed by atoms with E-state index < -0.39 is 6.10 Å². The number of halogens is 1. The monoisotopic (exact) mass is 293 g/mol. The summed E-state index contributed by atoms with van der Waals surface area (Å²) in [5.41, 5.74) is 1.41. The van der Waals surface area contributed by atoms with Gasteiger partial charge in [-0.3, -0.25) is 4.79 Å². The molecule has 21 heavy (non-hydrogen) atoms. The summed E-state index contributed by atoms with van der Waals surface area (Å²) in [6.07, 6.45) is -0.596. The minimum absolute atomic E-state index is 0.0339. The molecule has 2 aromatic rings. The third-order valence-electron chi connectivity index (χ3n) is 3.61. The SMILES string of the molecule is Cc1c(CNC(=O)CC(O)C(C)C)oc2ccc(F)cc12. The number of aryl methyl sites for hydroxylation is 1. The van der Waals surface area contributed by atoms with E-state index in [0.29, 0.717) is 16.7 Å². The second-order valence-corrected chi connectivity index (χ2v) is 5.58. The standard InChI is InChI=1S/C16H20FNO3/c1-9(2)13(19)7-16(20)18-8-15-10(3)12-6-11(17)4-5-14(12)21-15/h4-6,9,13,19H,7-8H2,1-3H3,(H,18,20). The zero-order valence-electron chi connectivity index (χ0n) is 12.4. The van der Waals surface area contributed by atoms with E-state index in [2.05, 4.69) is 5.32 Å². The fraction of sp³-hybridized carbons (Fsp3) is 0.438. The number of aliphatic hydroxyl groups is 1. The molecule has 2 rings (SSSR count). The van der Waals surface area contributed by atoms with E-state index in [0.717, 1.165) is 5.56 Å². The van der Waals surface area contributed by atoms with Crippen molar-refractivity contribution in [2.45, 2.75) is 39.8 Å². The van der Waals surface area contributed by atoms with Gasteiger partial charge in [0.2, 0.25) is 5.91 Å². The average molecular weight is 293 g/mol. The first-order valence-corrected chi connectivity index (χ1v) is 7.00. The van der Waals surface area contributed by atoms with Crippen molar-refractivity contribution in [1.82, 2.24) is 5.32 Å². The van der Waals surface area contributed by atoms with Gasteiger partial charge in [0, 0.05) is 10.9 Å². The third-order valence-corrected chi connectivity index (χ3v) is 3.61. The van der Waals surface area contributed by atoms with Gasteiger partial charge in [-0.05, 0) is 31.0 Å². The quantitative estimate of drug-likeness (QED) is 0.891. The number of amides is 1. The largest absolute Gasteiger partial charge is 0.459 e. The first kappa shape index (κ1) is 15.5. The minimum atomic E-state index is -0.657. The van der Waals surface area contributed by atoms with Crippen LogP contribution in [0.5, 0.6) is 0 Å². The van der Waals surface area contributed by atoms with Crippen molar-refractivity contribution < 1.29 is 18.7 Å². The van der Waals surface area contributed by atoms with Gasteiger partial charge in [-0.15, -0.1) is 0 Å². The van der Waals surface area contributed by atoms with Crippen LogP contribution in [0.25, 0.3) is 11.0 Å². The second-order valence-electron chi connectivity index (χ2n) is 5.58. The number of carbonyl (C=O) groups is 1. The van der Waals surface area contributed by atoms with Crippen molar-refractivity contribution in [3.05, 3.63) is 35.3 Å². The Morgan fingerprint density at radius 1 is 1.43 bits per heavy atom. The third kappa shape index (κ3) is 3.61. The lowest BCUT2D eigenvalue weighted by Gasteiger charge is -2.13. The molecular weight excluding hydrogens is 273 g/mol. The molecule has 114 valence electrons. The maximum Gasteiger partial charge on any atom is 0.222 e. The smallest absolute Gasteiger partial charge is 0.222 e. The topological polar surface area (TPSA) is 62.5 Å². The molecule has 0 radical (unpaired) electrons. The lowest BCUT2D eigenvalue weighted by atomic mass is 10.0. The molecule has 0 aliphatic rings. The Morgan fingerprint density at radius 3 is 2.81 bits per heavy atom. The maximum atomic E-state index is 13.2. The van der Waals surface area contributed by atoms with Gasteiger partial charge in [0.1, 0.15) is 17.2 Å². The summed E-state index contributed by atoms with van der Waals surface area (Å²) in [5, 5.41) is 13.1. The molecule has 0 saturated carbocycles. The first-order valence-electron chi connectivity index (χ1n) is 7.00. The van der Waals surface area contributed by atoms with Crippen LogP contribution < -0.4 is 5.32 Å². The van der Waals surface area contributed by atoms with Crippen molar-refractivity contribution in [3.8, 4) is 0 Å². The molecule has 0 aliphatic carbocycles. The van der Waals surface area contributed by atoms with Crippen molar-refractivity contribution in [2.75, 3.05) is 0 Å². The summed E-state index contributed by atoms with van der Waals surface area (Å²) in [6, 6.07) is 4.33. The van der Waals surface area contributed by atoms with Crippen LogP contribution in [0.1, 0.15) is 31.6 Å². The first-order chi connectivity index (χ1) is 9.88. The number of aliphatic hydroxyl groups excluding tert-OH is 1. The van der Waals surface area contributed by atoms with Crippen LogP contribution in [-0.2, 0) is 11.3 Å². The van der Waals surface area contributed by atoms with Gasteiger partial charge >= 0.3 is 0 Å². The Kier molecular flexibility index (Phi) is 4.63. The summed E-state index contributed by atoms with van der Waals surface area (Å²) < 4.78 is 18.8. The molecular formula is C16H20FNO3. The van der Waals surface area contributed by atoms with Crippen LogP contribution in [0.2, 0.25) is 0 Å². The summed E-state index contributed by atoms with van der Waals surface area (Å²) in [7, 11) is 0. The highest BCUT2D eigenvalue weighted by atomic mass is 19.1. The number of rotatable bonds is 5. The molecule has 0 spiro atoms. The zero-order chi connectivity index (χ0) is 15.6. The molecule has 1 heterocycles. The van der Waals surface area contributed by atoms with Gasteiger partial charge in [0.15, 0.2) is 0 Å². The van der Waals surface area contributed by atoms with E-state index in [-0.39, 0.29) is 30.6 Å². The second kappa shape index (κ2) is 6.26. The number of nitrogens with one attached hydrogen (secondary N) is 1. The summed E-state index contributed by atoms with van der Waals surface area (Å²) >= 11 is 0. The van der Waals surface area contributed by atoms with Gasteiger partial charge in [-0.25, -0.2) is 4.39 Å². The van der Waals surface area contributed by atoms with Crippen LogP contribution in [0, 0.1) is 18.7 Å². The highest BCUT2D eigenvalue weighted by molar-refractivity contribution is 5.82. The van der Waals surface area contributed by atoms with E-state index in [1.165, 1.54) is 12.1 Å². The Balaban J connectivity index is 2.04.